The van der Waals surface area contributed by atoms with Crippen molar-refractivity contribution in [2.75, 3.05) is 0 Å². The summed E-state index contributed by atoms with van der Waals surface area (Å²) in [6.45, 7) is 16.6. The summed E-state index contributed by atoms with van der Waals surface area (Å²) in [7, 11) is 0. The highest BCUT2D eigenvalue weighted by Gasteiger charge is 2.04. The van der Waals surface area contributed by atoms with E-state index in [-0.39, 0.29) is 0 Å². The summed E-state index contributed by atoms with van der Waals surface area (Å²) in [5, 5.41) is 0. The minimum Gasteiger partial charge on any atom is -0.0952 e. The van der Waals surface area contributed by atoms with Gasteiger partial charge < -0.3 is 0 Å². The first kappa shape index (κ1) is 26.4. The Balaban J connectivity index is 0.000000201. The molecule has 180 valence electrons. The van der Waals surface area contributed by atoms with E-state index in [0.29, 0.717) is 0 Å². The lowest BCUT2D eigenvalue weighted by molar-refractivity contribution is 1.09. The predicted molar refractivity (Wildman–Crippen MR) is 157 cm³/mol. The van der Waals surface area contributed by atoms with Crippen LogP contribution in [0.2, 0.25) is 0 Å². The van der Waals surface area contributed by atoms with Crippen LogP contribution in [0.3, 0.4) is 0 Å². The van der Waals surface area contributed by atoms with Crippen LogP contribution in [0.15, 0.2) is 170 Å². The third-order valence-electron chi connectivity index (χ3n) is 6.04. The van der Waals surface area contributed by atoms with Gasteiger partial charge in [0.05, 0.1) is 0 Å². The summed E-state index contributed by atoms with van der Waals surface area (Å²) in [6, 6.07) is 41.6. The second-order valence-electron chi connectivity index (χ2n) is 9.06. The molecule has 0 aromatic heterocycles. The van der Waals surface area contributed by atoms with Gasteiger partial charge in [-0.05, 0) is 70.2 Å². The van der Waals surface area contributed by atoms with Crippen LogP contribution in [0.4, 0.5) is 0 Å². The Kier molecular flexibility index (Phi) is 10.5. The molecule has 0 aliphatic heterocycles. The van der Waals surface area contributed by atoms with Crippen molar-refractivity contribution in [3.8, 4) is 0 Å². The molecular formula is C36H36. The van der Waals surface area contributed by atoms with Crippen molar-refractivity contribution in [3.63, 3.8) is 0 Å². The fraction of sp³-hybridized carbons (Fsp3) is 0.111. The van der Waals surface area contributed by atoms with Gasteiger partial charge in [0.1, 0.15) is 0 Å². The summed E-state index contributed by atoms with van der Waals surface area (Å²) in [5.41, 5.74) is 9.62. The highest BCUT2D eigenvalue weighted by atomic mass is 14.1. The van der Waals surface area contributed by atoms with E-state index in [1.54, 1.807) is 0 Å². The second kappa shape index (κ2) is 14.3. The Bertz CT molecular complexity index is 1040. The third kappa shape index (κ3) is 9.24. The van der Waals surface area contributed by atoms with Gasteiger partial charge in [0.15, 0.2) is 0 Å². The molecule has 0 atom stereocenters. The van der Waals surface area contributed by atoms with Crippen LogP contribution in [0.1, 0.15) is 22.3 Å². The van der Waals surface area contributed by atoms with Crippen LogP contribution in [0.5, 0.6) is 0 Å². The van der Waals surface area contributed by atoms with Crippen molar-refractivity contribution in [1.29, 1.82) is 0 Å². The van der Waals surface area contributed by atoms with Crippen molar-refractivity contribution >= 4 is 0 Å². The Morgan fingerprint density at radius 2 is 0.472 bits per heavy atom. The molecule has 0 heterocycles. The maximum atomic E-state index is 4.15. The normalized spacial score (nSPS) is 10.0. The molecule has 0 bridgehead atoms. The number of allylic oxidation sites excluding steroid dienone is 4. The zero-order chi connectivity index (χ0) is 25.6. The van der Waals surface area contributed by atoms with Crippen molar-refractivity contribution in [2.24, 2.45) is 0 Å². The van der Waals surface area contributed by atoms with Gasteiger partial charge in [-0.15, -0.1) is 0 Å². The molecule has 0 aliphatic rings. The van der Waals surface area contributed by atoms with Gasteiger partial charge in [0, 0.05) is 0 Å². The van der Waals surface area contributed by atoms with Crippen LogP contribution in [0, 0.1) is 0 Å². The van der Waals surface area contributed by atoms with E-state index in [1.807, 2.05) is 24.3 Å². The van der Waals surface area contributed by atoms with E-state index in [4.69, 9.17) is 0 Å². The van der Waals surface area contributed by atoms with Gasteiger partial charge in [-0.2, -0.15) is 0 Å². The summed E-state index contributed by atoms with van der Waals surface area (Å²) in [4.78, 5) is 0. The molecule has 0 nitrogen and oxygen atoms in total. The third-order valence-corrected chi connectivity index (χ3v) is 6.04. The molecule has 0 N–H and O–H groups in total. The maximum Gasteiger partial charge on any atom is -0.00290 e. The standard InChI is InChI=1S/2C18H18/c2*1-15(13-17-9-5-3-6-10-17)16(2)14-18-11-7-4-8-12-18/h2*3-12H,1-2,13-14H2. The van der Waals surface area contributed by atoms with E-state index >= 15 is 0 Å². The van der Waals surface area contributed by atoms with Crippen LogP contribution in [-0.4, -0.2) is 0 Å². The molecule has 0 radical (unpaired) electrons. The first-order valence-corrected chi connectivity index (χ1v) is 12.4. The molecule has 0 spiro atoms. The quantitative estimate of drug-likeness (QED) is 0.204. The zero-order valence-corrected chi connectivity index (χ0v) is 21.2. The molecular weight excluding hydrogens is 432 g/mol. The lowest BCUT2D eigenvalue weighted by Crippen LogP contribution is -1.96. The highest BCUT2D eigenvalue weighted by molar-refractivity contribution is 5.37. The molecule has 0 unspecified atom stereocenters. The SMILES string of the molecule is C=C(Cc1ccccc1)C(=C)Cc1ccccc1.C=C(Cc1ccccc1)C(=C)Cc1ccccc1. The van der Waals surface area contributed by atoms with Crippen LogP contribution in [0.25, 0.3) is 0 Å². The Morgan fingerprint density at radius 1 is 0.306 bits per heavy atom. The summed E-state index contributed by atoms with van der Waals surface area (Å²) in [5.74, 6) is 0. The van der Waals surface area contributed by atoms with Crippen LogP contribution >= 0.6 is 0 Å². The minimum absolute atomic E-state index is 0.881. The Hall–Kier alpha value is -4.16. The zero-order valence-electron chi connectivity index (χ0n) is 21.2. The van der Waals surface area contributed by atoms with E-state index in [2.05, 4.69) is 123 Å². The van der Waals surface area contributed by atoms with Gasteiger partial charge in [-0.3, -0.25) is 0 Å². The van der Waals surface area contributed by atoms with Crippen molar-refractivity contribution in [1.82, 2.24) is 0 Å². The van der Waals surface area contributed by atoms with Gasteiger partial charge in [0.25, 0.3) is 0 Å². The average molecular weight is 469 g/mol. The molecule has 0 aliphatic carbocycles. The molecule has 4 aromatic carbocycles. The summed E-state index contributed by atoms with van der Waals surface area (Å²) >= 11 is 0. The highest BCUT2D eigenvalue weighted by Crippen LogP contribution is 2.18. The van der Waals surface area contributed by atoms with Gasteiger partial charge >= 0.3 is 0 Å². The lowest BCUT2D eigenvalue weighted by Gasteiger charge is -2.09. The molecule has 0 saturated heterocycles. The van der Waals surface area contributed by atoms with Crippen molar-refractivity contribution in [2.45, 2.75) is 25.7 Å². The number of rotatable bonds is 10. The molecule has 0 saturated carbocycles. The number of hydrogen-bond acceptors (Lipinski definition) is 0. The molecule has 0 fully saturated rings. The molecule has 36 heavy (non-hydrogen) atoms. The molecule has 4 rings (SSSR count). The molecule has 0 amide bonds. The van der Waals surface area contributed by atoms with Crippen LogP contribution < -0.4 is 0 Å². The Morgan fingerprint density at radius 3 is 0.639 bits per heavy atom. The predicted octanol–water partition coefficient (Wildman–Crippen LogP) is 9.17. The monoisotopic (exact) mass is 468 g/mol. The smallest absolute Gasteiger partial charge is 0.00290 e. The Labute approximate surface area is 217 Å². The fourth-order valence-electron chi connectivity index (χ4n) is 3.87. The first-order chi connectivity index (χ1) is 17.5. The van der Waals surface area contributed by atoms with Crippen LogP contribution in [-0.2, 0) is 25.7 Å². The second-order valence-corrected chi connectivity index (χ2v) is 9.06. The fourth-order valence-corrected chi connectivity index (χ4v) is 3.87. The van der Waals surface area contributed by atoms with Gasteiger partial charge in [-0.25, -0.2) is 0 Å². The summed E-state index contributed by atoms with van der Waals surface area (Å²) in [6.07, 6.45) is 3.53. The largest absolute Gasteiger partial charge is 0.0952 e. The van der Waals surface area contributed by atoms with Gasteiger partial charge in [-0.1, -0.05) is 148 Å². The molecule has 4 aromatic rings. The van der Waals surface area contributed by atoms with E-state index in [0.717, 1.165) is 48.0 Å². The topological polar surface area (TPSA) is 0 Å². The van der Waals surface area contributed by atoms with Crippen molar-refractivity contribution in [3.05, 3.63) is 192 Å². The van der Waals surface area contributed by atoms with E-state index in [9.17, 15) is 0 Å². The molecule has 0 heteroatoms. The van der Waals surface area contributed by atoms with Crippen molar-refractivity contribution < 1.29 is 0 Å². The average Bonchev–Trinajstić information content (AvgIpc) is 2.91. The van der Waals surface area contributed by atoms with E-state index in [1.165, 1.54) is 22.3 Å². The first-order valence-electron chi connectivity index (χ1n) is 12.4. The number of benzene rings is 4. The summed E-state index contributed by atoms with van der Waals surface area (Å²) < 4.78 is 0. The maximum absolute atomic E-state index is 4.15. The minimum atomic E-state index is 0.881. The number of hydrogen-bond donors (Lipinski definition) is 0. The van der Waals surface area contributed by atoms with Gasteiger partial charge in [0.2, 0.25) is 0 Å². The lowest BCUT2D eigenvalue weighted by atomic mass is 9.96. The van der Waals surface area contributed by atoms with E-state index < -0.39 is 0 Å².